The molecule has 2 amide bonds. The SMILES string of the molecule is Cc1nn(C)c(=O)c(C(=O)OCC(=O)N2c3ccccc3NC(=O)CC2C)c1C. The number of aromatic nitrogens is 2. The zero-order valence-electron chi connectivity index (χ0n) is 16.7. The van der Waals surface area contributed by atoms with E-state index in [1.807, 2.05) is 0 Å². The van der Waals surface area contributed by atoms with Crippen molar-refractivity contribution in [3.63, 3.8) is 0 Å². The topological polar surface area (TPSA) is 111 Å². The van der Waals surface area contributed by atoms with Crippen molar-refractivity contribution in [2.45, 2.75) is 33.2 Å². The predicted molar refractivity (Wildman–Crippen MR) is 106 cm³/mol. The molecule has 0 saturated carbocycles. The number of esters is 1. The van der Waals surface area contributed by atoms with Gasteiger partial charge in [-0.1, -0.05) is 12.1 Å². The molecule has 0 aliphatic carbocycles. The lowest BCUT2D eigenvalue weighted by Gasteiger charge is -2.27. The molecular weight excluding hydrogens is 376 g/mol. The van der Waals surface area contributed by atoms with Crippen LogP contribution in [0, 0.1) is 13.8 Å². The number of nitrogens with one attached hydrogen (secondary N) is 1. The maximum Gasteiger partial charge on any atom is 0.344 e. The van der Waals surface area contributed by atoms with Gasteiger partial charge in [-0.15, -0.1) is 0 Å². The van der Waals surface area contributed by atoms with Crippen LogP contribution in [-0.2, 0) is 21.4 Å². The molecule has 1 aromatic heterocycles. The Balaban J connectivity index is 1.84. The van der Waals surface area contributed by atoms with Gasteiger partial charge in [0.2, 0.25) is 5.91 Å². The quantitative estimate of drug-likeness (QED) is 0.781. The first kappa shape index (κ1) is 20.2. The summed E-state index contributed by atoms with van der Waals surface area (Å²) in [5, 5.41) is 6.78. The number of fused-ring (bicyclic) bond motifs is 1. The molecule has 1 unspecified atom stereocenters. The highest BCUT2D eigenvalue weighted by Crippen LogP contribution is 2.31. The molecule has 2 heterocycles. The minimum atomic E-state index is -0.882. The minimum absolute atomic E-state index is 0.109. The minimum Gasteiger partial charge on any atom is -0.452 e. The largest absolute Gasteiger partial charge is 0.452 e. The third-order valence-electron chi connectivity index (χ3n) is 4.88. The second kappa shape index (κ2) is 7.86. The zero-order valence-corrected chi connectivity index (χ0v) is 16.7. The summed E-state index contributed by atoms with van der Waals surface area (Å²) in [6.45, 7) is 4.46. The van der Waals surface area contributed by atoms with E-state index in [9.17, 15) is 19.2 Å². The smallest absolute Gasteiger partial charge is 0.344 e. The van der Waals surface area contributed by atoms with Crippen molar-refractivity contribution in [1.29, 1.82) is 0 Å². The molecule has 0 bridgehead atoms. The van der Waals surface area contributed by atoms with E-state index >= 15 is 0 Å². The molecule has 0 spiro atoms. The van der Waals surface area contributed by atoms with Gasteiger partial charge in [0.25, 0.3) is 11.5 Å². The van der Waals surface area contributed by atoms with E-state index in [4.69, 9.17) is 4.74 Å². The normalized spacial score (nSPS) is 15.9. The van der Waals surface area contributed by atoms with Crippen LogP contribution >= 0.6 is 0 Å². The van der Waals surface area contributed by atoms with Crippen LogP contribution in [0.15, 0.2) is 29.1 Å². The van der Waals surface area contributed by atoms with Gasteiger partial charge in [0, 0.05) is 19.5 Å². The fourth-order valence-corrected chi connectivity index (χ4v) is 3.33. The van der Waals surface area contributed by atoms with Crippen LogP contribution in [0.5, 0.6) is 0 Å². The van der Waals surface area contributed by atoms with Crippen molar-refractivity contribution < 1.29 is 19.1 Å². The summed E-state index contributed by atoms with van der Waals surface area (Å²) in [7, 11) is 1.44. The number of hydrogen-bond acceptors (Lipinski definition) is 6. The predicted octanol–water partition coefficient (Wildman–Crippen LogP) is 1.32. The van der Waals surface area contributed by atoms with Gasteiger partial charge >= 0.3 is 5.97 Å². The van der Waals surface area contributed by atoms with E-state index in [-0.39, 0.29) is 17.9 Å². The Bertz CT molecular complexity index is 1060. The lowest BCUT2D eigenvalue weighted by molar-refractivity contribution is -0.122. The van der Waals surface area contributed by atoms with E-state index in [0.717, 1.165) is 4.68 Å². The molecule has 1 aliphatic heterocycles. The van der Waals surface area contributed by atoms with Gasteiger partial charge < -0.3 is 15.0 Å². The maximum absolute atomic E-state index is 12.9. The number of hydrogen-bond donors (Lipinski definition) is 1. The Kier molecular flexibility index (Phi) is 5.49. The van der Waals surface area contributed by atoms with Crippen LogP contribution in [-0.4, -0.2) is 40.2 Å². The summed E-state index contributed by atoms with van der Waals surface area (Å²) in [5.74, 6) is -1.58. The average molecular weight is 398 g/mol. The van der Waals surface area contributed by atoms with Gasteiger partial charge in [-0.25, -0.2) is 9.48 Å². The standard InChI is InChI=1S/C20H22N4O5/c1-11-9-16(25)21-14-7-5-6-8-15(14)24(11)17(26)10-29-20(28)18-12(2)13(3)22-23(4)19(18)27/h5-8,11H,9-10H2,1-4H3,(H,21,25). The Morgan fingerprint density at radius 3 is 2.66 bits per heavy atom. The highest BCUT2D eigenvalue weighted by Gasteiger charge is 2.30. The van der Waals surface area contributed by atoms with Crippen LogP contribution in [0.1, 0.15) is 35.0 Å². The lowest BCUT2D eigenvalue weighted by Crippen LogP contribution is -2.42. The number of aryl methyl sites for hydroxylation is 2. The molecule has 1 atom stereocenters. The molecule has 3 rings (SSSR count). The fraction of sp³-hybridized carbons (Fsp3) is 0.350. The van der Waals surface area contributed by atoms with Gasteiger partial charge in [0.1, 0.15) is 5.56 Å². The molecule has 29 heavy (non-hydrogen) atoms. The van der Waals surface area contributed by atoms with Gasteiger partial charge in [0.15, 0.2) is 6.61 Å². The number of anilines is 2. The van der Waals surface area contributed by atoms with Crippen LogP contribution < -0.4 is 15.8 Å². The van der Waals surface area contributed by atoms with E-state index in [1.54, 1.807) is 45.0 Å². The molecular formula is C20H22N4O5. The summed E-state index contributed by atoms with van der Waals surface area (Å²) in [5.41, 5.74) is 1.23. The van der Waals surface area contributed by atoms with Crippen LogP contribution in [0.3, 0.4) is 0 Å². The molecule has 0 fully saturated rings. The Morgan fingerprint density at radius 2 is 1.93 bits per heavy atom. The summed E-state index contributed by atoms with van der Waals surface area (Å²) >= 11 is 0. The number of rotatable bonds is 3. The Labute approximate surface area is 167 Å². The van der Waals surface area contributed by atoms with E-state index in [1.165, 1.54) is 11.9 Å². The molecule has 152 valence electrons. The molecule has 9 nitrogen and oxygen atoms in total. The van der Waals surface area contributed by atoms with Gasteiger partial charge in [-0.3, -0.25) is 14.4 Å². The zero-order chi connectivity index (χ0) is 21.3. The van der Waals surface area contributed by atoms with E-state index in [2.05, 4.69) is 10.4 Å². The number of carbonyl (C=O) groups excluding carboxylic acids is 3. The highest BCUT2D eigenvalue weighted by atomic mass is 16.5. The third-order valence-corrected chi connectivity index (χ3v) is 4.88. The molecule has 1 N–H and O–H groups in total. The first-order chi connectivity index (χ1) is 13.7. The number of nitrogens with zero attached hydrogens (tertiary/aromatic N) is 3. The van der Waals surface area contributed by atoms with Crippen molar-refractivity contribution in [1.82, 2.24) is 9.78 Å². The molecule has 0 radical (unpaired) electrons. The van der Waals surface area contributed by atoms with Gasteiger partial charge in [-0.2, -0.15) is 5.10 Å². The summed E-state index contributed by atoms with van der Waals surface area (Å²) in [6, 6.07) is 6.49. The highest BCUT2D eigenvalue weighted by molar-refractivity contribution is 6.05. The molecule has 1 aromatic carbocycles. The average Bonchev–Trinajstić information content (AvgIpc) is 2.79. The van der Waals surface area contributed by atoms with Crippen molar-refractivity contribution in [2.75, 3.05) is 16.8 Å². The Hall–Kier alpha value is -3.49. The van der Waals surface area contributed by atoms with Crippen molar-refractivity contribution in [2.24, 2.45) is 7.05 Å². The number of amides is 2. The number of benzene rings is 1. The maximum atomic E-state index is 12.9. The number of carbonyl (C=O) groups is 3. The summed E-state index contributed by atoms with van der Waals surface area (Å²) in [4.78, 5) is 51.2. The summed E-state index contributed by atoms with van der Waals surface area (Å²) < 4.78 is 6.23. The van der Waals surface area contributed by atoms with Crippen LogP contribution in [0.4, 0.5) is 11.4 Å². The Morgan fingerprint density at radius 1 is 1.24 bits per heavy atom. The van der Waals surface area contributed by atoms with Crippen molar-refractivity contribution in [3.05, 3.63) is 51.4 Å². The lowest BCUT2D eigenvalue weighted by atomic mass is 10.1. The number of para-hydroxylation sites is 2. The van der Waals surface area contributed by atoms with Crippen molar-refractivity contribution in [3.8, 4) is 0 Å². The number of ether oxygens (including phenoxy) is 1. The monoisotopic (exact) mass is 398 g/mol. The molecule has 9 heteroatoms. The molecule has 2 aromatic rings. The fourth-order valence-electron chi connectivity index (χ4n) is 3.33. The van der Waals surface area contributed by atoms with E-state index < -0.39 is 30.1 Å². The first-order valence-corrected chi connectivity index (χ1v) is 9.13. The van der Waals surface area contributed by atoms with Crippen molar-refractivity contribution >= 4 is 29.2 Å². The second-order valence-corrected chi connectivity index (χ2v) is 6.97. The first-order valence-electron chi connectivity index (χ1n) is 9.13. The van der Waals surface area contributed by atoms with Gasteiger partial charge in [-0.05, 0) is 38.5 Å². The third kappa shape index (κ3) is 3.89. The van der Waals surface area contributed by atoms with Gasteiger partial charge in [0.05, 0.1) is 17.1 Å². The van der Waals surface area contributed by atoms with E-state index in [0.29, 0.717) is 22.6 Å². The molecule has 1 aliphatic rings. The van der Waals surface area contributed by atoms with Crippen LogP contribution in [0.25, 0.3) is 0 Å². The summed E-state index contributed by atoms with van der Waals surface area (Å²) in [6.07, 6.45) is 0.109. The van der Waals surface area contributed by atoms with Crippen LogP contribution in [0.2, 0.25) is 0 Å². The second-order valence-electron chi connectivity index (χ2n) is 6.97. The molecule has 0 saturated heterocycles.